The first-order chi connectivity index (χ1) is 6.81. The fourth-order valence-corrected chi connectivity index (χ4v) is 2.74. The van der Waals surface area contributed by atoms with Gasteiger partial charge in [-0.1, -0.05) is 27.6 Å². The summed E-state index contributed by atoms with van der Waals surface area (Å²) in [6, 6.07) is 0. The topological polar surface area (TPSA) is 13.1 Å². The van der Waals surface area contributed by atoms with Crippen molar-refractivity contribution in [2.45, 2.75) is 26.2 Å². The summed E-state index contributed by atoms with van der Waals surface area (Å²) in [6.45, 7) is 2.11. The van der Waals surface area contributed by atoms with Crippen LogP contribution in [0.1, 0.15) is 24.0 Å². The van der Waals surface area contributed by atoms with Crippen molar-refractivity contribution in [2.75, 3.05) is 5.33 Å². The van der Waals surface area contributed by atoms with Crippen molar-refractivity contribution in [2.24, 2.45) is 5.92 Å². The van der Waals surface area contributed by atoms with Crippen molar-refractivity contribution in [3.05, 3.63) is 35.3 Å². The van der Waals surface area contributed by atoms with Gasteiger partial charge in [-0.2, -0.15) is 0 Å². The van der Waals surface area contributed by atoms with E-state index in [0.29, 0.717) is 0 Å². The second-order valence-electron chi connectivity index (χ2n) is 3.96. The van der Waals surface area contributed by atoms with E-state index < -0.39 is 0 Å². The Morgan fingerprint density at radius 1 is 1.50 bits per heavy atom. The fourth-order valence-electron chi connectivity index (χ4n) is 2.00. The lowest BCUT2D eigenvalue weighted by Gasteiger charge is -2.10. The summed E-state index contributed by atoms with van der Waals surface area (Å²) in [6.07, 6.45) is 9.70. The van der Waals surface area contributed by atoms with E-state index >= 15 is 0 Å². The smallest absolute Gasteiger partial charge is 0.0940 e. The van der Waals surface area contributed by atoms with E-state index in [-0.39, 0.29) is 0 Å². The molecule has 1 unspecified atom stereocenters. The molecule has 1 aromatic rings. The molecule has 0 aromatic carbocycles. The van der Waals surface area contributed by atoms with Crippen LogP contribution >= 0.6 is 15.9 Å². The number of rotatable bonds is 3. The van der Waals surface area contributed by atoms with Gasteiger partial charge in [0, 0.05) is 5.33 Å². The highest BCUT2D eigenvalue weighted by Crippen LogP contribution is 2.30. The lowest BCUT2D eigenvalue weighted by Crippen LogP contribution is -2.03. The molecule has 0 amide bonds. The van der Waals surface area contributed by atoms with Gasteiger partial charge in [-0.05, 0) is 43.2 Å². The lowest BCUT2D eigenvalue weighted by atomic mass is 9.97. The molecule has 0 fully saturated rings. The Hall–Kier alpha value is -0.500. The summed E-state index contributed by atoms with van der Waals surface area (Å²) in [5.74, 6) is 0.740. The Morgan fingerprint density at radius 2 is 2.36 bits per heavy atom. The molecular formula is C12H15BrO. The normalized spacial score (nSPS) is 21.3. The Morgan fingerprint density at radius 3 is 3.00 bits per heavy atom. The van der Waals surface area contributed by atoms with E-state index in [2.05, 4.69) is 28.9 Å². The van der Waals surface area contributed by atoms with Crippen molar-refractivity contribution >= 4 is 15.9 Å². The first-order valence-corrected chi connectivity index (χ1v) is 6.20. The third-order valence-electron chi connectivity index (χ3n) is 2.99. The molecule has 0 N–H and O–H groups in total. The monoisotopic (exact) mass is 254 g/mol. The van der Waals surface area contributed by atoms with Crippen LogP contribution < -0.4 is 0 Å². The Labute approximate surface area is 93.3 Å². The highest BCUT2D eigenvalue weighted by Gasteiger charge is 2.18. The molecule has 1 atom stereocenters. The standard InChI is InChI=1S/C12H15BrO/c1-9-7-14-8-12(9)5-10-3-2-4-11(10)6-13/h3,7-8,11H,2,4-6H2,1H3. The number of allylic oxidation sites excluding steroid dienone is 2. The van der Waals surface area contributed by atoms with Gasteiger partial charge in [0.25, 0.3) is 0 Å². The van der Waals surface area contributed by atoms with Crippen LogP contribution in [-0.2, 0) is 6.42 Å². The lowest BCUT2D eigenvalue weighted by molar-refractivity contribution is 0.562. The molecule has 1 aromatic heterocycles. The summed E-state index contributed by atoms with van der Waals surface area (Å²) < 4.78 is 5.19. The average molecular weight is 255 g/mol. The molecular weight excluding hydrogens is 240 g/mol. The summed E-state index contributed by atoms with van der Waals surface area (Å²) >= 11 is 3.57. The van der Waals surface area contributed by atoms with Gasteiger partial charge >= 0.3 is 0 Å². The summed E-state index contributed by atoms with van der Waals surface area (Å²) in [5.41, 5.74) is 4.18. The summed E-state index contributed by atoms with van der Waals surface area (Å²) in [4.78, 5) is 0. The first kappa shape index (κ1) is 10.0. The molecule has 0 bridgehead atoms. The van der Waals surface area contributed by atoms with Crippen LogP contribution in [0.2, 0.25) is 0 Å². The van der Waals surface area contributed by atoms with Crippen LogP contribution in [0.5, 0.6) is 0 Å². The molecule has 14 heavy (non-hydrogen) atoms. The minimum atomic E-state index is 0.740. The van der Waals surface area contributed by atoms with Crippen molar-refractivity contribution in [3.8, 4) is 0 Å². The highest BCUT2D eigenvalue weighted by molar-refractivity contribution is 9.09. The minimum Gasteiger partial charge on any atom is -0.472 e. The van der Waals surface area contributed by atoms with Crippen LogP contribution in [0.15, 0.2) is 28.6 Å². The largest absolute Gasteiger partial charge is 0.472 e. The van der Waals surface area contributed by atoms with E-state index in [1.165, 1.54) is 24.0 Å². The van der Waals surface area contributed by atoms with Gasteiger partial charge in [-0.15, -0.1) is 0 Å². The first-order valence-electron chi connectivity index (χ1n) is 5.08. The Balaban J connectivity index is 2.08. The number of furan rings is 1. The van der Waals surface area contributed by atoms with Gasteiger partial charge < -0.3 is 4.42 Å². The third-order valence-corrected chi connectivity index (χ3v) is 3.77. The molecule has 2 heteroatoms. The highest BCUT2D eigenvalue weighted by atomic mass is 79.9. The van der Waals surface area contributed by atoms with Crippen LogP contribution in [0.25, 0.3) is 0 Å². The molecule has 76 valence electrons. The number of hydrogen-bond donors (Lipinski definition) is 0. The third kappa shape index (κ3) is 1.95. The Bertz CT molecular complexity index is 338. The minimum absolute atomic E-state index is 0.740. The molecule has 0 aliphatic heterocycles. The van der Waals surface area contributed by atoms with Gasteiger partial charge in [0.05, 0.1) is 12.5 Å². The quantitative estimate of drug-likeness (QED) is 0.590. The molecule has 1 aliphatic rings. The number of halogens is 1. The summed E-state index contributed by atoms with van der Waals surface area (Å²) in [5, 5.41) is 1.09. The van der Waals surface area contributed by atoms with Gasteiger partial charge in [-0.3, -0.25) is 0 Å². The van der Waals surface area contributed by atoms with E-state index in [1.54, 1.807) is 5.57 Å². The second-order valence-corrected chi connectivity index (χ2v) is 4.61. The molecule has 1 nitrogen and oxygen atoms in total. The van der Waals surface area contributed by atoms with Crippen LogP contribution in [0.4, 0.5) is 0 Å². The van der Waals surface area contributed by atoms with E-state index in [9.17, 15) is 0 Å². The zero-order valence-electron chi connectivity index (χ0n) is 8.42. The van der Waals surface area contributed by atoms with Crippen molar-refractivity contribution in [3.63, 3.8) is 0 Å². The molecule has 0 spiro atoms. The van der Waals surface area contributed by atoms with Crippen LogP contribution in [0, 0.1) is 12.8 Å². The second kappa shape index (κ2) is 4.35. The van der Waals surface area contributed by atoms with Gasteiger partial charge in [-0.25, -0.2) is 0 Å². The molecule has 0 saturated heterocycles. The predicted octanol–water partition coefficient (Wildman–Crippen LogP) is 3.86. The fraction of sp³-hybridized carbons (Fsp3) is 0.500. The zero-order chi connectivity index (χ0) is 9.97. The maximum Gasteiger partial charge on any atom is 0.0940 e. The van der Waals surface area contributed by atoms with Gasteiger partial charge in [0.2, 0.25) is 0 Å². The maximum atomic E-state index is 5.19. The van der Waals surface area contributed by atoms with Crippen molar-refractivity contribution in [1.82, 2.24) is 0 Å². The van der Waals surface area contributed by atoms with Gasteiger partial charge in [0.15, 0.2) is 0 Å². The number of aryl methyl sites for hydroxylation is 1. The van der Waals surface area contributed by atoms with Crippen LogP contribution in [0.3, 0.4) is 0 Å². The van der Waals surface area contributed by atoms with Crippen molar-refractivity contribution in [1.29, 1.82) is 0 Å². The van der Waals surface area contributed by atoms with Crippen LogP contribution in [-0.4, -0.2) is 5.33 Å². The summed E-state index contributed by atoms with van der Waals surface area (Å²) in [7, 11) is 0. The zero-order valence-corrected chi connectivity index (χ0v) is 10.0. The molecule has 0 saturated carbocycles. The SMILES string of the molecule is Cc1cocc1CC1=CCCC1CBr. The van der Waals surface area contributed by atoms with E-state index in [0.717, 1.165) is 17.7 Å². The van der Waals surface area contributed by atoms with Gasteiger partial charge in [0.1, 0.15) is 0 Å². The Kier molecular flexibility index (Phi) is 3.12. The molecule has 1 heterocycles. The predicted molar refractivity (Wildman–Crippen MR) is 61.8 cm³/mol. The van der Waals surface area contributed by atoms with E-state index in [4.69, 9.17) is 4.42 Å². The van der Waals surface area contributed by atoms with Crippen molar-refractivity contribution < 1.29 is 4.42 Å². The number of hydrogen-bond acceptors (Lipinski definition) is 1. The maximum absolute atomic E-state index is 5.19. The van der Waals surface area contributed by atoms with E-state index in [1.807, 2.05) is 12.5 Å². The average Bonchev–Trinajstić information content (AvgIpc) is 2.77. The molecule has 0 radical (unpaired) electrons. The number of alkyl halides is 1. The molecule has 2 rings (SSSR count). The molecule has 1 aliphatic carbocycles.